The lowest BCUT2D eigenvalue weighted by Gasteiger charge is -2.25. The Morgan fingerprint density at radius 3 is 2.88 bits per heavy atom. The largest absolute Gasteiger partial charge is 0.395 e. The van der Waals surface area contributed by atoms with Crippen molar-refractivity contribution in [2.75, 3.05) is 37.8 Å². The Morgan fingerprint density at radius 2 is 2.24 bits per heavy atom. The fourth-order valence-corrected chi connectivity index (χ4v) is 3.06. The van der Waals surface area contributed by atoms with E-state index in [0.717, 1.165) is 36.3 Å². The third-order valence-corrected chi connectivity index (χ3v) is 4.17. The molecule has 2 heterocycles. The molecule has 0 bridgehead atoms. The third kappa shape index (κ3) is 3.29. The summed E-state index contributed by atoms with van der Waals surface area (Å²) in [5.74, 6) is 0. The third-order valence-electron chi connectivity index (χ3n) is 2.60. The molecule has 0 spiro atoms. The van der Waals surface area contributed by atoms with Crippen molar-refractivity contribution < 1.29 is 9.84 Å². The van der Waals surface area contributed by atoms with Gasteiger partial charge in [-0.25, -0.2) is 4.98 Å². The minimum Gasteiger partial charge on any atom is -0.395 e. The first-order valence-corrected chi connectivity index (χ1v) is 6.74. The summed E-state index contributed by atoms with van der Waals surface area (Å²) < 4.78 is 5.29. The number of anilines is 1. The Morgan fingerprint density at radius 1 is 1.53 bits per heavy atom. The zero-order chi connectivity index (χ0) is 12.3. The van der Waals surface area contributed by atoms with Gasteiger partial charge in [-0.1, -0.05) is 11.6 Å². The average Bonchev–Trinajstić information content (AvgIpc) is 2.72. The van der Waals surface area contributed by atoms with Crippen LogP contribution in [-0.4, -0.2) is 49.0 Å². The van der Waals surface area contributed by atoms with Gasteiger partial charge >= 0.3 is 0 Å². The van der Waals surface area contributed by atoms with E-state index in [-0.39, 0.29) is 12.6 Å². The molecule has 0 amide bonds. The summed E-state index contributed by atoms with van der Waals surface area (Å²) in [5, 5.41) is 10.3. The molecular weight excluding hydrogens is 262 g/mol. The van der Waals surface area contributed by atoms with Crippen LogP contribution in [0.15, 0.2) is 0 Å². The van der Waals surface area contributed by atoms with E-state index in [1.165, 1.54) is 0 Å². The number of aliphatic hydroxyl groups is 1. The van der Waals surface area contributed by atoms with Gasteiger partial charge in [0.25, 0.3) is 0 Å². The molecule has 5 nitrogen and oxygen atoms in total. The molecule has 1 atom stereocenters. The summed E-state index contributed by atoms with van der Waals surface area (Å²) in [6, 6.07) is -0.273. The normalized spacial score (nSPS) is 18.4. The molecule has 7 heteroatoms. The van der Waals surface area contributed by atoms with Gasteiger partial charge in [0.1, 0.15) is 5.15 Å². The van der Waals surface area contributed by atoms with E-state index in [1.807, 2.05) is 0 Å². The Balaban J connectivity index is 2.06. The molecular formula is C10H16ClN3O2S. The summed E-state index contributed by atoms with van der Waals surface area (Å²) in [6.07, 6.45) is 0.567. The van der Waals surface area contributed by atoms with Gasteiger partial charge in [0.05, 0.1) is 19.8 Å². The van der Waals surface area contributed by atoms with Crippen molar-refractivity contribution >= 4 is 28.1 Å². The number of hydrogen-bond acceptors (Lipinski definition) is 6. The molecule has 1 fully saturated rings. The monoisotopic (exact) mass is 277 g/mol. The van der Waals surface area contributed by atoms with Gasteiger partial charge in [-0.3, -0.25) is 0 Å². The van der Waals surface area contributed by atoms with Crippen LogP contribution in [0.3, 0.4) is 0 Å². The maximum absolute atomic E-state index is 8.93. The molecule has 17 heavy (non-hydrogen) atoms. The van der Waals surface area contributed by atoms with E-state index in [2.05, 4.69) is 9.88 Å². The number of morpholine rings is 1. The second-order valence-electron chi connectivity index (χ2n) is 3.96. The van der Waals surface area contributed by atoms with Crippen molar-refractivity contribution in [2.24, 2.45) is 5.73 Å². The van der Waals surface area contributed by atoms with Crippen LogP contribution in [0.5, 0.6) is 0 Å². The van der Waals surface area contributed by atoms with E-state index < -0.39 is 0 Å². The number of aromatic nitrogens is 1. The summed E-state index contributed by atoms with van der Waals surface area (Å²) in [4.78, 5) is 7.44. The van der Waals surface area contributed by atoms with Gasteiger partial charge in [0.15, 0.2) is 5.13 Å². The molecule has 1 aliphatic heterocycles. The van der Waals surface area contributed by atoms with Crippen molar-refractivity contribution in [1.82, 2.24) is 4.98 Å². The van der Waals surface area contributed by atoms with Crippen molar-refractivity contribution in [3.05, 3.63) is 10.0 Å². The Bertz CT molecular complexity index is 368. The van der Waals surface area contributed by atoms with E-state index >= 15 is 0 Å². The molecule has 1 unspecified atom stereocenters. The molecule has 0 radical (unpaired) electrons. The van der Waals surface area contributed by atoms with Crippen LogP contribution in [0.1, 0.15) is 4.88 Å². The van der Waals surface area contributed by atoms with Crippen LogP contribution >= 0.6 is 22.9 Å². The number of nitrogens with two attached hydrogens (primary N) is 1. The standard InChI is InChI=1S/C10H16ClN3O2S/c11-9-8(5-7(12)6-15)17-10(13-9)14-1-3-16-4-2-14/h7,15H,1-6,12H2. The number of aliphatic hydroxyl groups excluding tert-OH is 1. The second-order valence-corrected chi connectivity index (χ2v) is 5.38. The van der Waals surface area contributed by atoms with Crippen LogP contribution in [0.25, 0.3) is 0 Å². The van der Waals surface area contributed by atoms with Crippen molar-refractivity contribution in [3.8, 4) is 0 Å². The summed E-state index contributed by atoms with van der Waals surface area (Å²) in [5.41, 5.74) is 5.70. The second kappa shape index (κ2) is 5.97. The number of nitrogens with zero attached hydrogens (tertiary/aromatic N) is 2. The maximum Gasteiger partial charge on any atom is 0.187 e. The highest BCUT2D eigenvalue weighted by atomic mass is 35.5. The summed E-state index contributed by atoms with van der Waals surface area (Å²) >= 11 is 7.62. The van der Waals surface area contributed by atoms with Crippen molar-refractivity contribution in [2.45, 2.75) is 12.5 Å². The lowest BCUT2D eigenvalue weighted by atomic mass is 10.2. The highest BCUT2D eigenvalue weighted by molar-refractivity contribution is 7.16. The van der Waals surface area contributed by atoms with E-state index in [9.17, 15) is 0 Å². The zero-order valence-electron chi connectivity index (χ0n) is 9.43. The first kappa shape index (κ1) is 13.0. The molecule has 1 saturated heterocycles. The molecule has 3 N–H and O–H groups in total. The minimum absolute atomic E-state index is 0.0406. The lowest BCUT2D eigenvalue weighted by Crippen LogP contribution is -2.36. The first-order valence-electron chi connectivity index (χ1n) is 5.55. The Labute approximate surface area is 109 Å². The van der Waals surface area contributed by atoms with Gasteiger partial charge in [0, 0.05) is 30.4 Å². The Hall–Kier alpha value is -0.400. The van der Waals surface area contributed by atoms with Crippen LogP contribution in [0.2, 0.25) is 5.15 Å². The molecule has 1 aromatic rings. The van der Waals surface area contributed by atoms with E-state index in [0.29, 0.717) is 11.6 Å². The molecule has 2 rings (SSSR count). The maximum atomic E-state index is 8.93. The Kier molecular flexibility index (Phi) is 4.58. The average molecular weight is 278 g/mol. The molecule has 1 aliphatic rings. The SMILES string of the molecule is NC(CO)Cc1sc(N2CCOCC2)nc1Cl. The first-order chi connectivity index (χ1) is 8.20. The van der Waals surface area contributed by atoms with Crippen LogP contribution in [0, 0.1) is 0 Å². The minimum atomic E-state index is -0.273. The van der Waals surface area contributed by atoms with Gasteiger partial charge in [-0.2, -0.15) is 0 Å². The van der Waals surface area contributed by atoms with E-state index in [1.54, 1.807) is 11.3 Å². The molecule has 1 aromatic heterocycles. The fraction of sp³-hybridized carbons (Fsp3) is 0.700. The molecule has 0 aromatic carbocycles. The van der Waals surface area contributed by atoms with Gasteiger partial charge in [-0.05, 0) is 0 Å². The number of rotatable bonds is 4. The van der Waals surface area contributed by atoms with Gasteiger partial charge in [0.2, 0.25) is 0 Å². The molecule has 0 saturated carbocycles. The van der Waals surface area contributed by atoms with Gasteiger partial charge in [-0.15, -0.1) is 11.3 Å². The smallest absolute Gasteiger partial charge is 0.187 e. The lowest BCUT2D eigenvalue weighted by molar-refractivity contribution is 0.122. The number of hydrogen-bond donors (Lipinski definition) is 2. The highest BCUT2D eigenvalue weighted by Crippen LogP contribution is 2.30. The highest BCUT2D eigenvalue weighted by Gasteiger charge is 2.18. The number of halogens is 1. The predicted octanol–water partition coefficient (Wildman–Crippen LogP) is 0.495. The van der Waals surface area contributed by atoms with Gasteiger partial charge < -0.3 is 20.5 Å². The van der Waals surface area contributed by atoms with Crippen LogP contribution in [-0.2, 0) is 11.2 Å². The zero-order valence-corrected chi connectivity index (χ0v) is 11.0. The number of ether oxygens (including phenoxy) is 1. The summed E-state index contributed by atoms with van der Waals surface area (Å²) in [7, 11) is 0. The topological polar surface area (TPSA) is 71.6 Å². The fourth-order valence-electron chi connectivity index (χ4n) is 1.64. The molecule has 0 aliphatic carbocycles. The quantitative estimate of drug-likeness (QED) is 0.838. The summed E-state index contributed by atoms with van der Waals surface area (Å²) in [6.45, 7) is 3.09. The molecule has 96 valence electrons. The van der Waals surface area contributed by atoms with Crippen molar-refractivity contribution in [3.63, 3.8) is 0 Å². The predicted molar refractivity (Wildman–Crippen MR) is 68.9 cm³/mol. The van der Waals surface area contributed by atoms with E-state index in [4.69, 9.17) is 27.2 Å². The number of thiazole rings is 1. The van der Waals surface area contributed by atoms with Crippen LogP contribution in [0.4, 0.5) is 5.13 Å². The van der Waals surface area contributed by atoms with Crippen molar-refractivity contribution in [1.29, 1.82) is 0 Å². The van der Waals surface area contributed by atoms with Crippen LogP contribution < -0.4 is 10.6 Å².